The van der Waals surface area contributed by atoms with Crippen molar-refractivity contribution in [3.63, 3.8) is 0 Å². The summed E-state index contributed by atoms with van der Waals surface area (Å²) in [4.78, 5) is 0. The van der Waals surface area contributed by atoms with E-state index < -0.39 is 24.5 Å². The SMILES string of the molecule is FC(F)Oc1cc(OC(F)(F)F)ccc1CCl. The van der Waals surface area contributed by atoms with Gasteiger partial charge in [0.2, 0.25) is 0 Å². The third kappa shape index (κ3) is 4.64. The fourth-order valence-corrected chi connectivity index (χ4v) is 1.27. The number of hydrogen-bond acceptors (Lipinski definition) is 2. The highest BCUT2D eigenvalue weighted by molar-refractivity contribution is 6.17. The summed E-state index contributed by atoms with van der Waals surface area (Å²) >= 11 is 5.41. The first-order valence-corrected chi connectivity index (χ1v) is 4.74. The van der Waals surface area contributed by atoms with Crippen molar-refractivity contribution >= 4 is 11.6 Å². The van der Waals surface area contributed by atoms with Gasteiger partial charge in [-0.3, -0.25) is 0 Å². The zero-order valence-electron chi connectivity index (χ0n) is 8.10. The normalized spacial score (nSPS) is 11.7. The van der Waals surface area contributed by atoms with Crippen molar-refractivity contribution in [2.75, 3.05) is 0 Å². The molecule has 0 heterocycles. The van der Waals surface area contributed by atoms with Crippen molar-refractivity contribution in [1.29, 1.82) is 0 Å². The van der Waals surface area contributed by atoms with Gasteiger partial charge in [0.1, 0.15) is 11.5 Å². The summed E-state index contributed by atoms with van der Waals surface area (Å²) in [6.07, 6.45) is -4.90. The van der Waals surface area contributed by atoms with Crippen LogP contribution in [0.2, 0.25) is 0 Å². The summed E-state index contributed by atoms with van der Waals surface area (Å²) in [5.41, 5.74) is 0.140. The lowest BCUT2D eigenvalue weighted by molar-refractivity contribution is -0.274. The van der Waals surface area contributed by atoms with Crippen molar-refractivity contribution in [1.82, 2.24) is 0 Å². The summed E-state index contributed by atoms with van der Waals surface area (Å²) in [5, 5.41) is 0. The average molecular weight is 277 g/mol. The van der Waals surface area contributed by atoms with E-state index in [9.17, 15) is 22.0 Å². The lowest BCUT2D eigenvalue weighted by Gasteiger charge is -2.13. The Morgan fingerprint density at radius 2 is 1.88 bits per heavy atom. The minimum atomic E-state index is -4.90. The Labute approximate surface area is 97.9 Å². The minimum Gasteiger partial charge on any atom is -0.434 e. The van der Waals surface area contributed by atoms with Gasteiger partial charge < -0.3 is 9.47 Å². The van der Waals surface area contributed by atoms with Crippen LogP contribution in [0, 0.1) is 0 Å². The molecular formula is C9H6ClF5O2. The highest BCUT2D eigenvalue weighted by Crippen LogP contribution is 2.30. The molecule has 0 amide bonds. The van der Waals surface area contributed by atoms with Crippen molar-refractivity contribution in [3.05, 3.63) is 23.8 Å². The quantitative estimate of drug-likeness (QED) is 0.613. The maximum atomic E-state index is 12.0. The predicted octanol–water partition coefficient (Wildman–Crippen LogP) is 3.93. The van der Waals surface area contributed by atoms with Crippen molar-refractivity contribution in [3.8, 4) is 11.5 Å². The van der Waals surface area contributed by atoms with Crippen LogP contribution in [-0.2, 0) is 5.88 Å². The predicted molar refractivity (Wildman–Crippen MR) is 49.3 cm³/mol. The molecule has 0 aliphatic heterocycles. The summed E-state index contributed by atoms with van der Waals surface area (Å²) in [5.74, 6) is -1.27. The van der Waals surface area contributed by atoms with E-state index in [1.54, 1.807) is 0 Å². The number of alkyl halides is 6. The molecule has 8 heteroatoms. The maximum Gasteiger partial charge on any atom is 0.573 e. The van der Waals surface area contributed by atoms with Gasteiger partial charge in [-0.05, 0) is 6.07 Å². The van der Waals surface area contributed by atoms with E-state index in [0.717, 1.165) is 12.1 Å². The second-order valence-corrected chi connectivity index (χ2v) is 3.10. The Morgan fingerprint density at radius 1 is 1.24 bits per heavy atom. The van der Waals surface area contributed by atoms with Crippen LogP contribution >= 0.6 is 11.6 Å². The van der Waals surface area contributed by atoms with Gasteiger partial charge in [-0.25, -0.2) is 0 Å². The molecule has 17 heavy (non-hydrogen) atoms. The molecular weight excluding hydrogens is 271 g/mol. The largest absolute Gasteiger partial charge is 0.573 e. The Balaban J connectivity index is 2.96. The molecule has 0 aromatic heterocycles. The number of ether oxygens (including phenoxy) is 2. The second-order valence-electron chi connectivity index (χ2n) is 2.83. The Bertz CT molecular complexity index is 380. The number of hydrogen-bond donors (Lipinski definition) is 0. The summed E-state index contributed by atoms with van der Waals surface area (Å²) in [6.45, 7) is -3.15. The van der Waals surface area contributed by atoms with Crippen molar-refractivity contribution in [2.24, 2.45) is 0 Å². The van der Waals surface area contributed by atoms with Gasteiger partial charge in [-0.15, -0.1) is 24.8 Å². The average Bonchev–Trinajstić information content (AvgIpc) is 2.14. The minimum absolute atomic E-state index is 0.140. The first-order chi connectivity index (χ1) is 7.81. The monoisotopic (exact) mass is 276 g/mol. The van der Waals surface area contributed by atoms with E-state index in [1.807, 2.05) is 0 Å². The molecule has 0 fully saturated rings. The van der Waals surface area contributed by atoms with E-state index >= 15 is 0 Å². The van der Waals surface area contributed by atoms with Crippen molar-refractivity contribution < 1.29 is 31.4 Å². The molecule has 0 radical (unpaired) electrons. The Kier molecular flexibility index (Phi) is 4.39. The van der Waals surface area contributed by atoms with Crippen LogP contribution in [0.3, 0.4) is 0 Å². The van der Waals surface area contributed by atoms with Crippen LogP contribution < -0.4 is 9.47 Å². The molecule has 1 rings (SSSR count). The molecule has 2 nitrogen and oxygen atoms in total. The number of rotatable bonds is 4. The van der Waals surface area contributed by atoms with E-state index in [4.69, 9.17) is 11.6 Å². The summed E-state index contributed by atoms with van der Waals surface area (Å²) < 4.78 is 67.2. The highest BCUT2D eigenvalue weighted by atomic mass is 35.5. The van der Waals surface area contributed by atoms with E-state index in [0.29, 0.717) is 6.07 Å². The van der Waals surface area contributed by atoms with Crippen LogP contribution in [-0.4, -0.2) is 13.0 Å². The smallest absolute Gasteiger partial charge is 0.434 e. The Hall–Kier alpha value is -1.24. The second kappa shape index (κ2) is 5.39. The van der Waals surface area contributed by atoms with Gasteiger partial charge in [0.05, 0.1) is 5.88 Å². The molecule has 96 valence electrons. The molecule has 0 atom stereocenters. The number of benzene rings is 1. The molecule has 0 aliphatic rings. The molecule has 0 N–H and O–H groups in total. The van der Waals surface area contributed by atoms with Crippen LogP contribution in [0.1, 0.15) is 5.56 Å². The molecule has 0 bridgehead atoms. The molecule has 0 saturated heterocycles. The van der Waals surface area contributed by atoms with Gasteiger partial charge in [0, 0.05) is 11.6 Å². The molecule has 1 aromatic carbocycles. The summed E-state index contributed by atoms with van der Waals surface area (Å²) in [6, 6.07) is 2.78. The van der Waals surface area contributed by atoms with Crippen molar-refractivity contribution in [2.45, 2.75) is 18.9 Å². The lowest BCUT2D eigenvalue weighted by Crippen LogP contribution is -2.17. The van der Waals surface area contributed by atoms with E-state index in [-0.39, 0.29) is 11.4 Å². The third-order valence-electron chi connectivity index (χ3n) is 1.63. The number of halogens is 6. The van der Waals surface area contributed by atoms with Crippen LogP contribution in [0.15, 0.2) is 18.2 Å². The molecule has 0 spiro atoms. The maximum absolute atomic E-state index is 12.0. The molecule has 1 aromatic rings. The Morgan fingerprint density at radius 3 is 2.35 bits per heavy atom. The fraction of sp³-hybridized carbons (Fsp3) is 0.333. The van der Waals surface area contributed by atoms with Crippen LogP contribution in [0.5, 0.6) is 11.5 Å². The van der Waals surface area contributed by atoms with E-state index in [2.05, 4.69) is 9.47 Å². The first kappa shape index (κ1) is 13.8. The van der Waals surface area contributed by atoms with Crippen LogP contribution in [0.4, 0.5) is 22.0 Å². The zero-order valence-corrected chi connectivity index (χ0v) is 8.86. The summed E-state index contributed by atoms with van der Waals surface area (Å²) in [7, 11) is 0. The standard InChI is InChI=1S/C9H6ClF5O2/c10-4-5-1-2-6(17-9(13,14)15)3-7(5)16-8(11)12/h1-3,8H,4H2. The van der Waals surface area contributed by atoms with Gasteiger partial charge in [0.15, 0.2) is 0 Å². The molecule has 0 aliphatic carbocycles. The third-order valence-corrected chi connectivity index (χ3v) is 1.92. The molecule has 0 unspecified atom stereocenters. The lowest BCUT2D eigenvalue weighted by atomic mass is 10.2. The fourth-order valence-electron chi connectivity index (χ4n) is 1.05. The molecule has 0 saturated carbocycles. The first-order valence-electron chi connectivity index (χ1n) is 4.21. The van der Waals surface area contributed by atoms with Gasteiger partial charge in [-0.2, -0.15) is 8.78 Å². The highest BCUT2D eigenvalue weighted by Gasteiger charge is 2.31. The van der Waals surface area contributed by atoms with Gasteiger partial charge in [-0.1, -0.05) is 6.07 Å². The van der Waals surface area contributed by atoms with Gasteiger partial charge >= 0.3 is 13.0 Å². The van der Waals surface area contributed by atoms with Crippen LogP contribution in [0.25, 0.3) is 0 Å². The topological polar surface area (TPSA) is 18.5 Å². The van der Waals surface area contributed by atoms with E-state index in [1.165, 1.54) is 0 Å². The van der Waals surface area contributed by atoms with Gasteiger partial charge in [0.25, 0.3) is 0 Å². The zero-order chi connectivity index (χ0) is 13.1.